The van der Waals surface area contributed by atoms with Crippen LogP contribution in [0.25, 0.3) is 5.69 Å². The number of nitrogens with one attached hydrogen (secondary N) is 1. The lowest BCUT2D eigenvalue weighted by molar-refractivity contribution is -0.137. The van der Waals surface area contributed by atoms with Gasteiger partial charge in [-0.2, -0.15) is 5.10 Å². The van der Waals surface area contributed by atoms with Crippen LogP contribution < -0.4 is 10.2 Å². The molecule has 3 atom stereocenters. The number of carboxylic acids is 1. The summed E-state index contributed by atoms with van der Waals surface area (Å²) in [6.45, 7) is 11.9. The van der Waals surface area contributed by atoms with E-state index < -0.39 is 5.97 Å². The van der Waals surface area contributed by atoms with Crippen molar-refractivity contribution < 1.29 is 9.90 Å². The summed E-state index contributed by atoms with van der Waals surface area (Å²) in [5.74, 6) is 0.868. The maximum absolute atomic E-state index is 12.2. The van der Waals surface area contributed by atoms with Crippen molar-refractivity contribution in [2.45, 2.75) is 59.0 Å². The Morgan fingerprint density at radius 3 is 2.64 bits per heavy atom. The number of rotatable bonds is 10. The quantitative estimate of drug-likeness (QED) is 0.288. The molecule has 10 heteroatoms. The fourth-order valence-electron chi connectivity index (χ4n) is 7.05. The second-order valence-electron chi connectivity index (χ2n) is 13.1. The number of likely N-dealkylation sites (tertiary alicyclic amines) is 1. The van der Waals surface area contributed by atoms with Gasteiger partial charge in [0.2, 0.25) is 0 Å². The van der Waals surface area contributed by atoms with Gasteiger partial charge in [0, 0.05) is 68.8 Å². The lowest BCUT2D eigenvalue weighted by Crippen LogP contribution is -2.44. The molecule has 0 amide bonds. The van der Waals surface area contributed by atoms with Gasteiger partial charge in [-0.25, -0.2) is 9.67 Å². The summed E-state index contributed by atoms with van der Waals surface area (Å²) in [6.07, 6.45) is 5.77. The van der Waals surface area contributed by atoms with Gasteiger partial charge >= 0.3 is 5.97 Å². The standard InChI is InChI=1S/C34H48N7O2P.CH4/c1-24-16-25(2)41(37-24)32-18-28(17-31(20-32)40-13-11-38(3)12-14-40)29(19-33(42)43)22-39-10-8-26(21-39)4-6-30-7-5-27-23-44-15-9-35-34(27)36-30;/h5,7,16-18,20,26,29,44H,4,6,8-15,19,21-23H2,1-3H3,(H,35,36)(H,42,43);1H4. The van der Waals surface area contributed by atoms with E-state index in [9.17, 15) is 9.90 Å². The molecular formula is C35H52N7O2P. The highest BCUT2D eigenvalue weighted by atomic mass is 31.1. The minimum atomic E-state index is -0.744. The van der Waals surface area contributed by atoms with Crippen LogP contribution in [-0.4, -0.2) is 101 Å². The lowest BCUT2D eigenvalue weighted by Gasteiger charge is -2.35. The molecular weight excluding hydrogens is 581 g/mol. The monoisotopic (exact) mass is 633 g/mol. The lowest BCUT2D eigenvalue weighted by atomic mass is 9.93. The number of aryl methyl sites for hydroxylation is 3. The number of nitrogens with zero attached hydrogens (tertiary/aromatic N) is 6. The molecule has 2 aromatic heterocycles. The third kappa shape index (κ3) is 8.43. The zero-order valence-corrected chi connectivity index (χ0v) is 27.6. The summed E-state index contributed by atoms with van der Waals surface area (Å²) in [7, 11) is 3.15. The van der Waals surface area contributed by atoms with Crippen LogP contribution in [0.3, 0.4) is 0 Å². The second kappa shape index (κ2) is 15.1. The molecule has 2 saturated heterocycles. The zero-order valence-electron chi connectivity index (χ0n) is 26.6. The largest absolute Gasteiger partial charge is 0.481 e. The molecule has 244 valence electrons. The number of fused-ring (bicyclic) bond motifs is 1. The molecule has 3 aromatic rings. The van der Waals surface area contributed by atoms with Crippen LogP contribution in [0.2, 0.25) is 0 Å². The van der Waals surface area contributed by atoms with E-state index in [0.29, 0.717) is 5.92 Å². The van der Waals surface area contributed by atoms with Gasteiger partial charge in [-0.1, -0.05) is 13.5 Å². The van der Waals surface area contributed by atoms with Crippen LogP contribution in [0.1, 0.15) is 60.8 Å². The van der Waals surface area contributed by atoms with Gasteiger partial charge in [0.1, 0.15) is 5.82 Å². The Balaban J connectivity index is 0.00000400. The number of hydrogen-bond acceptors (Lipinski definition) is 7. The molecule has 0 bridgehead atoms. The molecule has 0 radical (unpaired) electrons. The number of carbonyl (C=O) groups is 1. The first kappa shape index (κ1) is 33.4. The first-order valence-corrected chi connectivity index (χ1v) is 17.7. The van der Waals surface area contributed by atoms with Crippen LogP contribution in [0.4, 0.5) is 11.5 Å². The summed E-state index contributed by atoms with van der Waals surface area (Å²) >= 11 is 0. The van der Waals surface area contributed by atoms with E-state index in [1.165, 1.54) is 17.4 Å². The summed E-state index contributed by atoms with van der Waals surface area (Å²) < 4.78 is 2.01. The summed E-state index contributed by atoms with van der Waals surface area (Å²) in [6, 6.07) is 13.2. The molecule has 0 aliphatic carbocycles. The van der Waals surface area contributed by atoms with E-state index in [2.05, 4.69) is 70.4 Å². The van der Waals surface area contributed by atoms with Gasteiger partial charge in [-0.05, 0) is 106 Å². The fraction of sp³-hybridized carbons (Fsp3) is 0.571. The molecule has 3 unspecified atom stereocenters. The van der Waals surface area contributed by atoms with Gasteiger partial charge in [0.15, 0.2) is 0 Å². The highest BCUT2D eigenvalue weighted by Gasteiger charge is 2.28. The minimum absolute atomic E-state index is 0. The number of piperazine rings is 1. The number of anilines is 2. The molecule has 5 heterocycles. The van der Waals surface area contributed by atoms with Crippen LogP contribution >= 0.6 is 8.58 Å². The molecule has 6 rings (SSSR count). The summed E-state index contributed by atoms with van der Waals surface area (Å²) in [5, 5.41) is 18.3. The van der Waals surface area contributed by atoms with Crippen molar-refractivity contribution in [3.05, 3.63) is 64.6 Å². The van der Waals surface area contributed by atoms with Gasteiger partial charge in [-0.3, -0.25) is 4.79 Å². The first-order valence-electron chi connectivity index (χ1n) is 16.3. The van der Waals surface area contributed by atoms with E-state index in [4.69, 9.17) is 10.1 Å². The highest BCUT2D eigenvalue weighted by Crippen LogP contribution is 2.33. The van der Waals surface area contributed by atoms with Crippen LogP contribution in [-0.2, 0) is 17.4 Å². The average Bonchev–Trinajstić information content (AvgIpc) is 3.51. The third-order valence-corrected chi connectivity index (χ3v) is 10.8. The predicted molar refractivity (Wildman–Crippen MR) is 187 cm³/mol. The van der Waals surface area contributed by atoms with Crippen LogP contribution in [0, 0.1) is 19.8 Å². The molecule has 2 fully saturated rings. The van der Waals surface area contributed by atoms with E-state index >= 15 is 0 Å². The van der Waals surface area contributed by atoms with Crippen molar-refractivity contribution >= 4 is 26.1 Å². The van der Waals surface area contributed by atoms with Crippen molar-refractivity contribution in [1.82, 2.24) is 24.6 Å². The number of aromatic nitrogens is 3. The Morgan fingerprint density at radius 1 is 1.09 bits per heavy atom. The van der Waals surface area contributed by atoms with E-state index in [-0.39, 0.29) is 19.8 Å². The molecule has 0 spiro atoms. The normalized spacial score (nSPS) is 20.3. The predicted octanol–water partition coefficient (Wildman–Crippen LogP) is 5.39. The van der Waals surface area contributed by atoms with Gasteiger partial charge in [0.05, 0.1) is 17.8 Å². The van der Waals surface area contributed by atoms with Crippen LogP contribution in [0.5, 0.6) is 0 Å². The number of pyridine rings is 1. The highest BCUT2D eigenvalue weighted by molar-refractivity contribution is 7.37. The molecule has 0 saturated carbocycles. The summed E-state index contributed by atoms with van der Waals surface area (Å²) in [4.78, 5) is 24.4. The fourth-order valence-corrected chi connectivity index (χ4v) is 8.08. The Kier molecular flexibility index (Phi) is 11.2. The molecule has 9 nitrogen and oxygen atoms in total. The van der Waals surface area contributed by atoms with Gasteiger partial charge in [-0.15, -0.1) is 8.58 Å². The third-order valence-electron chi connectivity index (χ3n) is 9.54. The number of benzene rings is 1. The Bertz CT molecular complexity index is 1450. The van der Waals surface area contributed by atoms with Crippen LogP contribution in [0.15, 0.2) is 36.4 Å². The number of aliphatic carboxylic acids is 1. The van der Waals surface area contributed by atoms with E-state index in [1.807, 2.05) is 11.6 Å². The molecule has 2 N–H and O–H groups in total. The minimum Gasteiger partial charge on any atom is -0.481 e. The Labute approximate surface area is 271 Å². The molecule has 3 aliphatic rings. The van der Waals surface area contributed by atoms with Crippen molar-refractivity contribution in [2.24, 2.45) is 5.92 Å². The van der Waals surface area contributed by atoms with Crippen molar-refractivity contribution in [3.8, 4) is 5.69 Å². The Morgan fingerprint density at radius 2 is 1.89 bits per heavy atom. The van der Waals surface area contributed by atoms with E-state index in [1.54, 1.807) is 0 Å². The molecule has 3 aliphatic heterocycles. The summed E-state index contributed by atoms with van der Waals surface area (Å²) in [5.41, 5.74) is 7.88. The zero-order chi connectivity index (χ0) is 30.6. The second-order valence-corrected chi connectivity index (χ2v) is 14.4. The maximum atomic E-state index is 12.2. The van der Waals surface area contributed by atoms with Crippen molar-refractivity contribution in [3.63, 3.8) is 0 Å². The molecule has 45 heavy (non-hydrogen) atoms. The van der Waals surface area contributed by atoms with Crippen molar-refractivity contribution in [2.75, 3.05) is 75.8 Å². The average molecular weight is 634 g/mol. The van der Waals surface area contributed by atoms with E-state index in [0.717, 1.165) is 121 Å². The number of hydrogen-bond donors (Lipinski definition) is 2. The SMILES string of the molecule is C.Cc1cc(C)n(-c2cc(C(CC(=O)O)CN3CCC(CCc4ccc5c(n4)NCCPC5)C3)cc(N3CCN(C)CC3)c2)n1. The maximum Gasteiger partial charge on any atom is 0.304 e. The Hall–Kier alpha value is -3.00. The van der Waals surface area contributed by atoms with Gasteiger partial charge in [0.25, 0.3) is 0 Å². The first-order chi connectivity index (χ1) is 21.3. The van der Waals surface area contributed by atoms with Crippen molar-refractivity contribution in [1.29, 1.82) is 0 Å². The smallest absolute Gasteiger partial charge is 0.304 e. The number of carboxylic acid groups (broad SMARTS) is 1. The number of likely N-dealkylation sites (N-methyl/N-ethyl adjacent to an activating group) is 1. The topological polar surface area (TPSA) is 89.8 Å². The molecule has 1 aromatic carbocycles. The van der Waals surface area contributed by atoms with Gasteiger partial charge < -0.3 is 25.1 Å².